The third kappa shape index (κ3) is 37.5. The normalized spacial score (nSPS) is 11.3. The second-order valence-corrected chi connectivity index (χ2v) is 13.5. The van der Waals surface area contributed by atoms with Crippen LogP contribution in [0.4, 0.5) is 0 Å². The number of carboxylic acids is 1. The Morgan fingerprint density at radius 1 is 0.421 bits per heavy atom. The predicted molar refractivity (Wildman–Crippen MR) is 213 cm³/mol. The van der Waals surface area contributed by atoms with Crippen LogP contribution in [0.2, 0.25) is 0 Å². The first-order chi connectivity index (χ1) is 27.6. The first-order valence-corrected chi connectivity index (χ1v) is 20.8. The van der Waals surface area contributed by atoms with Crippen molar-refractivity contribution in [3.8, 4) is 0 Å². The van der Waals surface area contributed by atoms with Crippen molar-refractivity contribution in [1.29, 1.82) is 0 Å². The number of hydrogen-bond acceptors (Lipinski definition) is 11. The van der Waals surface area contributed by atoms with Crippen molar-refractivity contribution in [3.05, 3.63) is 0 Å². The molecule has 6 amide bonds. The third-order valence-corrected chi connectivity index (χ3v) is 8.25. The van der Waals surface area contributed by atoms with Gasteiger partial charge in [-0.15, -0.1) is 0 Å². The average molecular weight is 817 g/mol. The Bertz CT molecular complexity index is 1110. The van der Waals surface area contributed by atoms with Gasteiger partial charge in [0.2, 0.25) is 35.4 Å². The summed E-state index contributed by atoms with van der Waals surface area (Å²) in [5.74, 6) is -2.36. The Morgan fingerprint density at radius 2 is 0.877 bits per heavy atom. The maximum absolute atomic E-state index is 12.2. The molecule has 7 N–H and O–H groups in total. The summed E-state index contributed by atoms with van der Waals surface area (Å²) >= 11 is 0. The zero-order valence-electron chi connectivity index (χ0n) is 34.5. The van der Waals surface area contributed by atoms with Gasteiger partial charge in [0.1, 0.15) is 12.6 Å². The van der Waals surface area contributed by atoms with Gasteiger partial charge in [0.15, 0.2) is 0 Å². The van der Waals surface area contributed by atoms with Crippen molar-refractivity contribution in [2.45, 2.75) is 123 Å². The fourth-order valence-corrected chi connectivity index (χ4v) is 5.08. The summed E-state index contributed by atoms with van der Waals surface area (Å²) in [6.07, 6.45) is 10.4. The zero-order chi connectivity index (χ0) is 42.2. The van der Waals surface area contributed by atoms with Crippen LogP contribution in [0.3, 0.4) is 0 Å². The van der Waals surface area contributed by atoms with E-state index in [1.165, 1.54) is 25.7 Å². The molecular weight excluding hydrogens is 744 g/mol. The molecule has 0 aromatic rings. The molecule has 0 aliphatic carbocycles. The van der Waals surface area contributed by atoms with Gasteiger partial charge in [-0.3, -0.25) is 28.8 Å². The van der Waals surface area contributed by atoms with E-state index in [0.717, 1.165) is 19.3 Å². The van der Waals surface area contributed by atoms with Crippen LogP contribution in [0.15, 0.2) is 0 Å². The number of carbonyl (C=O) groups is 7. The van der Waals surface area contributed by atoms with Gasteiger partial charge in [-0.1, -0.05) is 46.0 Å². The van der Waals surface area contributed by atoms with Crippen LogP contribution in [0, 0.1) is 0 Å². The molecule has 57 heavy (non-hydrogen) atoms. The Morgan fingerprint density at radius 3 is 1.44 bits per heavy atom. The first kappa shape index (κ1) is 53.1. The zero-order valence-corrected chi connectivity index (χ0v) is 34.5. The quantitative estimate of drug-likeness (QED) is 0.0435. The van der Waals surface area contributed by atoms with E-state index in [9.17, 15) is 38.7 Å². The molecule has 0 aromatic carbocycles. The number of carboxylic acid groups (broad SMARTS) is 1. The Balaban J connectivity index is 3.65. The molecule has 0 aromatic heterocycles. The summed E-state index contributed by atoms with van der Waals surface area (Å²) in [6, 6.07) is -1.13. The molecule has 18 nitrogen and oxygen atoms in total. The number of rotatable bonds is 40. The summed E-state index contributed by atoms with van der Waals surface area (Å²) in [4.78, 5) is 83.0. The van der Waals surface area contributed by atoms with E-state index in [1.807, 2.05) is 6.92 Å². The van der Waals surface area contributed by atoms with Crippen molar-refractivity contribution in [2.75, 3.05) is 85.6 Å². The smallest absolute Gasteiger partial charge is 0.326 e. The summed E-state index contributed by atoms with van der Waals surface area (Å²) in [6.45, 7) is 7.60. The fourth-order valence-electron chi connectivity index (χ4n) is 5.08. The first-order valence-electron chi connectivity index (χ1n) is 20.8. The van der Waals surface area contributed by atoms with Crippen LogP contribution in [-0.2, 0) is 52.5 Å². The molecule has 0 radical (unpaired) electrons. The van der Waals surface area contributed by atoms with E-state index in [1.54, 1.807) is 0 Å². The van der Waals surface area contributed by atoms with Crippen LogP contribution >= 0.6 is 0 Å². The summed E-state index contributed by atoms with van der Waals surface area (Å²) in [7, 11) is 0. The van der Waals surface area contributed by atoms with Gasteiger partial charge >= 0.3 is 5.97 Å². The van der Waals surface area contributed by atoms with Crippen molar-refractivity contribution >= 4 is 41.4 Å². The van der Waals surface area contributed by atoms with Gasteiger partial charge in [-0.25, -0.2) is 4.79 Å². The molecule has 0 saturated heterocycles. The Labute approximate surface area is 338 Å². The van der Waals surface area contributed by atoms with Crippen LogP contribution in [0.25, 0.3) is 0 Å². The van der Waals surface area contributed by atoms with Crippen LogP contribution < -0.4 is 31.9 Å². The summed E-state index contributed by atoms with van der Waals surface area (Å²) in [5.41, 5.74) is 0. The van der Waals surface area contributed by atoms with Crippen LogP contribution in [0.5, 0.6) is 0 Å². The van der Waals surface area contributed by atoms with Gasteiger partial charge < -0.3 is 56.0 Å². The number of nitrogens with one attached hydrogen (secondary N) is 6. The lowest BCUT2D eigenvalue weighted by atomic mass is 10.1. The minimum atomic E-state index is -1.19. The molecule has 0 aliphatic rings. The van der Waals surface area contributed by atoms with Crippen molar-refractivity contribution in [2.24, 2.45) is 0 Å². The molecule has 0 heterocycles. The molecule has 0 fully saturated rings. The number of amides is 6. The lowest BCUT2D eigenvalue weighted by Gasteiger charge is -2.14. The lowest BCUT2D eigenvalue weighted by Crippen LogP contribution is -2.41. The molecule has 0 spiro atoms. The molecule has 0 saturated carbocycles. The highest BCUT2D eigenvalue weighted by molar-refractivity contribution is 5.83. The van der Waals surface area contributed by atoms with E-state index in [2.05, 4.69) is 38.8 Å². The topological polar surface area (TPSA) is 249 Å². The van der Waals surface area contributed by atoms with Gasteiger partial charge in [-0.05, 0) is 38.5 Å². The van der Waals surface area contributed by atoms with Gasteiger partial charge in [0.25, 0.3) is 0 Å². The molecule has 18 heteroatoms. The number of carbonyl (C=O) groups excluding carboxylic acids is 6. The predicted octanol–water partition coefficient (Wildman–Crippen LogP) is 1.48. The molecule has 0 aliphatic heterocycles. The molecule has 0 rings (SSSR count). The maximum Gasteiger partial charge on any atom is 0.326 e. The van der Waals surface area contributed by atoms with Crippen LogP contribution in [0.1, 0.15) is 117 Å². The second-order valence-electron chi connectivity index (χ2n) is 13.5. The molecule has 330 valence electrons. The number of unbranched alkanes of at least 4 members (excludes halogenated alkanes) is 5. The molecular formula is C39H72N6O12. The SMILES string of the molecule is CCCCCCCCC(=O)NCCCC(=O)NCCOCCOCC(=O)NCCOCCOCCC(=O)NC(CCCC(=O)NCCCC(=O)NCCC)C(=O)O. The fraction of sp³-hybridized carbons (Fsp3) is 0.821. The minimum Gasteiger partial charge on any atom is -0.480 e. The van der Waals surface area contributed by atoms with Crippen LogP contribution in [-0.4, -0.2) is 138 Å². The van der Waals surface area contributed by atoms with Gasteiger partial charge in [-0.2, -0.15) is 0 Å². The van der Waals surface area contributed by atoms with Crippen molar-refractivity contribution < 1.29 is 57.6 Å². The summed E-state index contributed by atoms with van der Waals surface area (Å²) < 4.78 is 21.4. The highest BCUT2D eigenvalue weighted by Gasteiger charge is 2.20. The number of aliphatic carboxylic acids is 1. The maximum atomic E-state index is 12.2. The standard InChI is InChI=1S/C39H72N6O12/c1-3-5-6-7-8-9-14-33(46)41-20-12-17-36(49)43-22-25-56-29-30-57-31-38(51)44-23-26-55-28-27-54-24-18-37(50)45-32(39(52)53)13-10-15-34(47)42-21-11-16-35(48)40-19-4-2/h32H,3-31H2,1-2H3,(H,40,48)(H,41,46)(H,42,47)(H,43,49)(H,44,51)(H,45,50)(H,52,53). The molecule has 1 atom stereocenters. The third-order valence-electron chi connectivity index (χ3n) is 8.25. The van der Waals surface area contributed by atoms with E-state index >= 15 is 0 Å². The highest BCUT2D eigenvalue weighted by atomic mass is 16.5. The second kappa shape index (κ2) is 39.0. The number of hydrogen-bond donors (Lipinski definition) is 7. The van der Waals surface area contributed by atoms with Crippen molar-refractivity contribution in [1.82, 2.24) is 31.9 Å². The van der Waals surface area contributed by atoms with Gasteiger partial charge in [0.05, 0.1) is 46.2 Å². The largest absolute Gasteiger partial charge is 0.480 e. The Kier molecular flexibility index (Phi) is 36.3. The average Bonchev–Trinajstić information content (AvgIpc) is 3.18. The summed E-state index contributed by atoms with van der Waals surface area (Å²) in [5, 5.41) is 25.6. The minimum absolute atomic E-state index is 0.0373. The highest BCUT2D eigenvalue weighted by Crippen LogP contribution is 2.07. The van der Waals surface area contributed by atoms with E-state index in [0.29, 0.717) is 64.9 Å². The monoisotopic (exact) mass is 817 g/mol. The number of ether oxygens (including phenoxy) is 4. The van der Waals surface area contributed by atoms with Crippen molar-refractivity contribution in [3.63, 3.8) is 0 Å². The van der Waals surface area contributed by atoms with E-state index in [4.69, 9.17) is 18.9 Å². The molecule has 0 bridgehead atoms. The van der Waals surface area contributed by atoms with E-state index < -0.39 is 17.9 Å². The van der Waals surface area contributed by atoms with Gasteiger partial charge in [0, 0.05) is 64.8 Å². The molecule has 1 unspecified atom stereocenters. The Hall–Kier alpha value is -3.87. The van der Waals surface area contributed by atoms with E-state index in [-0.39, 0.29) is 108 Å². The lowest BCUT2D eigenvalue weighted by molar-refractivity contribution is -0.142.